The minimum atomic E-state index is -0.858. The molecule has 1 aromatic carbocycles. The molecule has 1 aromatic heterocycles. The first kappa shape index (κ1) is 13.6. The molecule has 1 heterocycles. The highest BCUT2D eigenvalue weighted by atomic mass is 35.5. The number of fused-ring (bicyclic) bond motifs is 1. The van der Waals surface area contributed by atoms with Crippen molar-refractivity contribution >= 4 is 29.0 Å². The third-order valence-electron chi connectivity index (χ3n) is 3.40. The number of carbonyl (C=O) groups is 1. The van der Waals surface area contributed by atoms with E-state index in [2.05, 4.69) is 4.74 Å². The average molecular weight is 307 g/mol. The molecular weight excluding hydrogens is 299 g/mol. The third kappa shape index (κ3) is 2.06. The molecule has 2 aromatic rings. The maximum Gasteiger partial charge on any atom is 0.298 e. The SMILES string of the molecule is N#Cc1c(Cl)c(F)cc2c(=O)c(OC=O)cn(C3CC3)c12. The predicted molar refractivity (Wildman–Crippen MR) is 72.9 cm³/mol. The summed E-state index contributed by atoms with van der Waals surface area (Å²) in [5, 5.41) is 8.88. The number of hydrogen-bond acceptors (Lipinski definition) is 4. The van der Waals surface area contributed by atoms with Crippen LogP contribution in [-0.2, 0) is 4.79 Å². The molecule has 1 aliphatic carbocycles. The lowest BCUT2D eigenvalue weighted by Gasteiger charge is -2.14. The van der Waals surface area contributed by atoms with Gasteiger partial charge in [0.1, 0.15) is 11.9 Å². The molecule has 0 amide bonds. The number of pyridine rings is 1. The van der Waals surface area contributed by atoms with E-state index in [0.717, 1.165) is 18.9 Å². The smallest absolute Gasteiger partial charge is 0.298 e. The first-order valence-electron chi connectivity index (χ1n) is 6.15. The van der Waals surface area contributed by atoms with E-state index in [4.69, 9.17) is 11.6 Å². The summed E-state index contributed by atoms with van der Waals surface area (Å²) >= 11 is 5.82. The van der Waals surface area contributed by atoms with Crippen LogP contribution in [0.2, 0.25) is 5.02 Å². The van der Waals surface area contributed by atoms with Gasteiger partial charge in [0.05, 0.1) is 27.7 Å². The summed E-state index contributed by atoms with van der Waals surface area (Å²) in [6.07, 6.45) is 3.09. The van der Waals surface area contributed by atoms with Crippen LogP contribution in [0.5, 0.6) is 5.75 Å². The maximum atomic E-state index is 13.8. The van der Waals surface area contributed by atoms with Crippen molar-refractivity contribution in [3.05, 3.63) is 38.9 Å². The Morgan fingerprint density at radius 2 is 2.24 bits per heavy atom. The van der Waals surface area contributed by atoms with Gasteiger partial charge in [-0.2, -0.15) is 5.26 Å². The highest BCUT2D eigenvalue weighted by Crippen LogP contribution is 2.39. The second kappa shape index (κ2) is 4.86. The number of nitrogens with zero attached hydrogens (tertiary/aromatic N) is 2. The summed E-state index contributed by atoms with van der Waals surface area (Å²) < 4.78 is 20.1. The number of rotatable bonds is 3. The summed E-state index contributed by atoms with van der Waals surface area (Å²) in [4.78, 5) is 22.7. The van der Waals surface area contributed by atoms with Crippen LogP contribution in [0.15, 0.2) is 17.1 Å². The van der Waals surface area contributed by atoms with E-state index < -0.39 is 11.2 Å². The van der Waals surface area contributed by atoms with Gasteiger partial charge in [0.25, 0.3) is 6.47 Å². The van der Waals surface area contributed by atoms with Gasteiger partial charge < -0.3 is 9.30 Å². The minimum Gasteiger partial charge on any atom is -0.423 e. The van der Waals surface area contributed by atoms with Crippen molar-refractivity contribution in [1.82, 2.24) is 4.57 Å². The Morgan fingerprint density at radius 3 is 2.81 bits per heavy atom. The fraction of sp³-hybridized carbons (Fsp3) is 0.214. The van der Waals surface area contributed by atoms with Crippen LogP contribution in [0.3, 0.4) is 0 Å². The summed E-state index contributed by atoms with van der Waals surface area (Å²) in [6.45, 7) is 0.136. The first-order chi connectivity index (χ1) is 10.1. The van der Waals surface area contributed by atoms with Crippen molar-refractivity contribution in [3.63, 3.8) is 0 Å². The van der Waals surface area contributed by atoms with Gasteiger partial charge in [-0.1, -0.05) is 11.6 Å². The molecule has 7 heteroatoms. The molecule has 0 saturated heterocycles. The number of carbonyl (C=O) groups excluding carboxylic acids is 1. The molecule has 0 unspecified atom stereocenters. The van der Waals surface area contributed by atoms with Crippen LogP contribution in [-0.4, -0.2) is 11.0 Å². The maximum absolute atomic E-state index is 13.8. The molecule has 21 heavy (non-hydrogen) atoms. The molecule has 1 saturated carbocycles. The molecule has 0 radical (unpaired) electrons. The molecule has 106 valence electrons. The number of nitriles is 1. The largest absolute Gasteiger partial charge is 0.423 e. The number of benzene rings is 1. The lowest BCUT2D eigenvalue weighted by atomic mass is 10.1. The summed E-state index contributed by atoms with van der Waals surface area (Å²) in [6, 6.07) is 2.89. The van der Waals surface area contributed by atoms with Crippen molar-refractivity contribution in [2.45, 2.75) is 18.9 Å². The Hall–Kier alpha value is -2.39. The van der Waals surface area contributed by atoms with Gasteiger partial charge in [-0.05, 0) is 18.9 Å². The van der Waals surface area contributed by atoms with Crippen LogP contribution >= 0.6 is 11.6 Å². The number of aromatic nitrogens is 1. The predicted octanol–water partition coefficient (Wildman–Crippen LogP) is 2.54. The third-order valence-corrected chi connectivity index (χ3v) is 3.77. The zero-order chi connectivity index (χ0) is 15.1. The van der Waals surface area contributed by atoms with E-state index in [1.807, 2.05) is 6.07 Å². The fourth-order valence-electron chi connectivity index (χ4n) is 2.32. The Morgan fingerprint density at radius 1 is 1.52 bits per heavy atom. The van der Waals surface area contributed by atoms with E-state index in [-0.39, 0.29) is 39.8 Å². The first-order valence-corrected chi connectivity index (χ1v) is 6.53. The second-order valence-corrected chi connectivity index (χ2v) is 5.11. The van der Waals surface area contributed by atoms with E-state index >= 15 is 0 Å². The number of halogens is 2. The quantitative estimate of drug-likeness (QED) is 0.817. The zero-order valence-electron chi connectivity index (χ0n) is 10.6. The molecule has 1 aliphatic rings. The van der Waals surface area contributed by atoms with E-state index in [1.54, 1.807) is 4.57 Å². The minimum absolute atomic E-state index is 0.0281. The van der Waals surface area contributed by atoms with Gasteiger partial charge in [0.2, 0.25) is 5.43 Å². The standard InChI is InChI=1S/C14H8ClFN2O3/c15-12-9(4-17)13-8(3-10(12)16)14(20)11(21-6-19)5-18(13)7-1-2-7/h3,5-7H,1-2H2. The highest BCUT2D eigenvalue weighted by molar-refractivity contribution is 6.32. The monoisotopic (exact) mass is 306 g/mol. The van der Waals surface area contributed by atoms with Gasteiger partial charge >= 0.3 is 0 Å². The summed E-state index contributed by atoms with van der Waals surface area (Å²) in [5.74, 6) is -1.06. The molecule has 0 N–H and O–H groups in total. The van der Waals surface area contributed by atoms with Gasteiger partial charge in [0, 0.05) is 6.04 Å². The van der Waals surface area contributed by atoms with Crippen LogP contribution in [0.1, 0.15) is 24.4 Å². The topological polar surface area (TPSA) is 72.1 Å². The molecule has 0 aliphatic heterocycles. The molecule has 0 spiro atoms. The van der Waals surface area contributed by atoms with Gasteiger partial charge in [0.15, 0.2) is 5.75 Å². The Labute approximate surface area is 123 Å². The van der Waals surface area contributed by atoms with Crippen molar-refractivity contribution < 1.29 is 13.9 Å². The molecule has 0 atom stereocenters. The van der Waals surface area contributed by atoms with Crippen molar-refractivity contribution in [3.8, 4) is 11.8 Å². The van der Waals surface area contributed by atoms with E-state index in [9.17, 15) is 19.2 Å². The average Bonchev–Trinajstić information content (AvgIpc) is 3.29. The Kier molecular flexibility index (Phi) is 3.15. The van der Waals surface area contributed by atoms with Crippen molar-refractivity contribution in [2.24, 2.45) is 0 Å². The normalized spacial score (nSPS) is 14.0. The lowest BCUT2D eigenvalue weighted by molar-refractivity contribution is -0.120. The highest BCUT2D eigenvalue weighted by Gasteiger charge is 2.28. The van der Waals surface area contributed by atoms with Crippen molar-refractivity contribution in [1.29, 1.82) is 5.26 Å². The van der Waals surface area contributed by atoms with Crippen LogP contribution in [0, 0.1) is 17.1 Å². The molecular formula is C14H8ClFN2O3. The van der Waals surface area contributed by atoms with Gasteiger partial charge in [-0.3, -0.25) is 9.59 Å². The number of hydrogen-bond donors (Lipinski definition) is 0. The van der Waals surface area contributed by atoms with E-state index in [1.165, 1.54) is 6.20 Å². The van der Waals surface area contributed by atoms with Gasteiger partial charge in [-0.15, -0.1) is 0 Å². The molecule has 3 rings (SSSR count). The van der Waals surface area contributed by atoms with E-state index in [0.29, 0.717) is 0 Å². The number of ether oxygens (including phenoxy) is 1. The molecule has 0 bridgehead atoms. The van der Waals surface area contributed by atoms with Crippen LogP contribution < -0.4 is 10.2 Å². The molecule has 5 nitrogen and oxygen atoms in total. The summed E-state index contributed by atoms with van der Waals surface area (Å²) in [7, 11) is 0. The Bertz CT molecular complexity index is 865. The van der Waals surface area contributed by atoms with Gasteiger partial charge in [-0.25, -0.2) is 4.39 Å². The van der Waals surface area contributed by atoms with Crippen LogP contribution in [0.4, 0.5) is 4.39 Å². The Balaban J connectivity index is 2.50. The molecule has 1 fully saturated rings. The van der Waals surface area contributed by atoms with Crippen molar-refractivity contribution in [2.75, 3.05) is 0 Å². The second-order valence-electron chi connectivity index (χ2n) is 4.73. The fourth-order valence-corrected chi connectivity index (χ4v) is 2.50. The van der Waals surface area contributed by atoms with Crippen LogP contribution in [0.25, 0.3) is 10.9 Å². The zero-order valence-corrected chi connectivity index (χ0v) is 11.4. The lowest BCUT2D eigenvalue weighted by Crippen LogP contribution is -2.14. The summed E-state index contributed by atoms with van der Waals surface area (Å²) in [5.41, 5.74) is -0.468.